The Bertz CT molecular complexity index is 520. The van der Waals surface area contributed by atoms with Crippen molar-refractivity contribution in [1.82, 2.24) is 10.2 Å². The maximum Gasteiger partial charge on any atom is 0.177 e. The van der Waals surface area contributed by atoms with E-state index in [1.807, 2.05) is 26.0 Å². The SMILES string of the molecule is Cc1cc(C(=O)CN2CCNCC2)c(C)cc1OCC(C)C. The Balaban J connectivity index is 2.06. The fourth-order valence-corrected chi connectivity index (χ4v) is 2.66. The summed E-state index contributed by atoms with van der Waals surface area (Å²) >= 11 is 0. The molecule has 1 aromatic carbocycles. The Kier molecular flexibility index (Phi) is 5.98. The van der Waals surface area contributed by atoms with E-state index in [9.17, 15) is 4.79 Å². The second-order valence-electron chi connectivity index (χ2n) is 6.59. The molecule has 22 heavy (non-hydrogen) atoms. The van der Waals surface area contributed by atoms with Crippen LogP contribution in [0, 0.1) is 19.8 Å². The quantitative estimate of drug-likeness (QED) is 0.820. The zero-order valence-corrected chi connectivity index (χ0v) is 14.2. The summed E-state index contributed by atoms with van der Waals surface area (Å²) in [6.07, 6.45) is 0. The first kappa shape index (κ1) is 17.0. The Morgan fingerprint density at radius 3 is 2.55 bits per heavy atom. The highest BCUT2D eigenvalue weighted by Crippen LogP contribution is 2.24. The predicted molar refractivity (Wildman–Crippen MR) is 89.9 cm³/mol. The van der Waals surface area contributed by atoms with Gasteiger partial charge in [-0.25, -0.2) is 0 Å². The van der Waals surface area contributed by atoms with Gasteiger partial charge >= 0.3 is 0 Å². The molecule has 1 fully saturated rings. The fraction of sp³-hybridized carbons (Fsp3) is 0.611. The monoisotopic (exact) mass is 304 g/mol. The summed E-state index contributed by atoms with van der Waals surface area (Å²) < 4.78 is 5.83. The van der Waals surface area contributed by atoms with Gasteiger partial charge in [-0.1, -0.05) is 13.8 Å². The van der Waals surface area contributed by atoms with E-state index in [-0.39, 0.29) is 5.78 Å². The molecule has 1 aliphatic rings. The number of aryl methyl sites for hydroxylation is 2. The van der Waals surface area contributed by atoms with E-state index in [4.69, 9.17) is 4.74 Å². The molecule has 0 saturated carbocycles. The summed E-state index contributed by atoms with van der Waals surface area (Å²) in [5, 5.41) is 3.31. The smallest absolute Gasteiger partial charge is 0.177 e. The molecule has 1 aromatic rings. The van der Waals surface area contributed by atoms with Crippen molar-refractivity contribution in [2.75, 3.05) is 39.3 Å². The van der Waals surface area contributed by atoms with Crippen LogP contribution in [0.15, 0.2) is 12.1 Å². The van der Waals surface area contributed by atoms with E-state index in [0.717, 1.165) is 48.6 Å². The standard InChI is InChI=1S/C18H28N2O2/c1-13(2)12-22-18-10-14(3)16(9-15(18)4)17(21)11-20-7-5-19-6-8-20/h9-10,13,19H,5-8,11-12H2,1-4H3. The molecular formula is C18H28N2O2. The van der Waals surface area contributed by atoms with Gasteiger partial charge in [-0.2, -0.15) is 0 Å². The van der Waals surface area contributed by atoms with Gasteiger partial charge in [0.15, 0.2) is 5.78 Å². The van der Waals surface area contributed by atoms with Crippen LogP contribution >= 0.6 is 0 Å². The van der Waals surface area contributed by atoms with Crippen LogP contribution in [0.2, 0.25) is 0 Å². The molecule has 0 spiro atoms. The minimum Gasteiger partial charge on any atom is -0.493 e. The van der Waals surface area contributed by atoms with Gasteiger partial charge in [0.2, 0.25) is 0 Å². The lowest BCUT2D eigenvalue weighted by molar-refractivity contribution is 0.0920. The van der Waals surface area contributed by atoms with Crippen molar-refractivity contribution in [3.63, 3.8) is 0 Å². The average molecular weight is 304 g/mol. The normalized spacial score (nSPS) is 16.0. The maximum atomic E-state index is 12.6. The molecular weight excluding hydrogens is 276 g/mol. The first-order valence-electron chi connectivity index (χ1n) is 8.17. The molecule has 0 bridgehead atoms. The Hall–Kier alpha value is -1.39. The van der Waals surface area contributed by atoms with Crippen molar-refractivity contribution >= 4 is 5.78 Å². The number of nitrogens with one attached hydrogen (secondary N) is 1. The van der Waals surface area contributed by atoms with Gasteiger partial charge in [0, 0.05) is 31.7 Å². The van der Waals surface area contributed by atoms with Crippen LogP contribution < -0.4 is 10.1 Å². The molecule has 1 saturated heterocycles. The zero-order valence-electron chi connectivity index (χ0n) is 14.2. The maximum absolute atomic E-state index is 12.6. The molecule has 1 N–H and O–H groups in total. The number of hydrogen-bond donors (Lipinski definition) is 1. The van der Waals surface area contributed by atoms with Crippen molar-refractivity contribution in [2.45, 2.75) is 27.7 Å². The number of benzene rings is 1. The molecule has 0 radical (unpaired) electrons. The van der Waals surface area contributed by atoms with E-state index >= 15 is 0 Å². The highest BCUT2D eigenvalue weighted by molar-refractivity contribution is 5.99. The summed E-state index contributed by atoms with van der Waals surface area (Å²) in [6, 6.07) is 3.98. The van der Waals surface area contributed by atoms with Crippen molar-refractivity contribution < 1.29 is 9.53 Å². The van der Waals surface area contributed by atoms with Crippen LogP contribution in [-0.4, -0.2) is 50.0 Å². The topological polar surface area (TPSA) is 41.6 Å². The number of piperazine rings is 1. The van der Waals surface area contributed by atoms with E-state index in [1.54, 1.807) is 0 Å². The van der Waals surface area contributed by atoms with Crippen LogP contribution in [0.1, 0.15) is 35.3 Å². The van der Waals surface area contributed by atoms with Gasteiger partial charge in [0.1, 0.15) is 5.75 Å². The van der Waals surface area contributed by atoms with Crippen molar-refractivity contribution in [3.05, 3.63) is 28.8 Å². The lowest BCUT2D eigenvalue weighted by Crippen LogP contribution is -2.45. The lowest BCUT2D eigenvalue weighted by Gasteiger charge is -2.26. The molecule has 0 amide bonds. The first-order valence-corrected chi connectivity index (χ1v) is 8.17. The second kappa shape index (κ2) is 7.75. The highest BCUT2D eigenvalue weighted by atomic mass is 16.5. The number of rotatable bonds is 6. The molecule has 0 aliphatic carbocycles. The Labute approximate surface area is 133 Å². The van der Waals surface area contributed by atoms with Gasteiger partial charge in [0.25, 0.3) is 0 Å². The van der Waals surface area contributed by atoms with Crippen LogP contribution in [-0.2, 0) is 0 Å². The van der Waals surface area contributed by atoms with Gasteiger partial charge in [-0.3, -0.25) is 9.69 Å². The zero-order chi connectivity index (χ0) is 16.1. The summed E-state index contributed by atoms with van der Waals surface area (Å²) in [6.45, 7) is 13.3. The summed E-state index contributed by atoms with van der Waals surface area (Å²) in [4.78, 5) is 14.8. The van der Waals surface area contributed by atoms with Crippen molar-refractivity contribution in [1.29, 1.82) is 0 Å². The molecule has 0 unspecified atom stereocenters. The largest absolute Gasteiger partial charge is 0.493 e. The van der Waals surface area contributed by atoms with Crippen molar-refractivity contribution in [3.8, 4) is 5.75 Å². The molecule has 0 aromatic heterocycles. The van der Waals surface area contributed by atoms with Crippen LogP contribution in [0.4, 0.5) is 0 Å². The highest BCUT2D eigenvalue weighted by Gasteiger charge is 2.17. The third kappa shape index (κ3) is 4.55. The van der Waals surface area contributed by atoms with Crippen LogP contribution in [0.5, 0.6) is 5.75 Å². The number of ketones is 1. The molecule has 2 rings (SSSR count). The summed E-state index contributed by atoms with van der Waals surface area (Å²) in [7, 11) is 0. The molecule has 122 valence electrons. The molecule has 0 atom stereocenters. The number of Topliss-reactive ketones (excluding diaryl/α,β-unsaturated/α-hetero) is 1. The second-order valence-corrected chi connectivity index (χ2v) is 6.59. The average Bonchev–Trinajstić information content (AvgIpc) is 2.48. The minimum atomic E-state index is 0.206. The van der Waals surface area contributed by atoms with E-state index in [1.165, 1.54) is 0 Å². The van der Waals surface area contributed by atoms with Gasteiger partial charge in [-0.05, 0) is 43.0 Å². The molecule has 4 nitrogen and oxygen atoms in total. The van der Waals surface area contributed by atoms with E-state index < -0.39 is 0 Å². The first-order chi connectivity index (χ1) is 10.5. The van der Waals surface area contributed by atoms with Crippen molar-refractivity contribution in [2.24, 2.45) is 5.92 Å². The number of ether oxygens (including phenoxy) is 1. The predicted octanol–water partition coefficient (Wildman–Crippen LogP) is 2.43. The Morgan fingerprint density at radius 1 is 1.23 bits per heavy atom. The van der Waals surface area contributed by atoms with Gasteiger partial charge < -0.3 is 10.1 Å². The van der Waals surface area contributed by atoms with E-state index in [0.29, 0.717) is 19.1 Å². The van der Waals surface area contributed by atoms with Crippen LogP contribution in [0.3, 0.4) is 0 Å². The fourth-order valence-electron chi connectivity index (χ4n) is 2.66. The lowest BCUT2D eigenvalue weighted by atomic mass is 10.0. The number of carbonyl (C=O) groups is 1. The third-order valence-electron chi connectivity index (χ3n) is 3.97. The summed E-state index contributed by atoms with van der Waals surface area (Å²) in [5.41, 5.74) is 2.87. The van der Waals surface area contributed by atoms with Gasteiger partial charge in [0.05, 0.1) is 13.2 Å². The van der Waals surface area contributed by atoms with E-state index in [2.05, 4.69) is 24.1 Å². The molecule has 4 heteroatoms. The number of carbonyl (C=O) groups excluding carboxylic acids is 1. The molecule has 1 aliphatic heterocycles. The third-order valence-corrected chi connectivity index (χ3v) is 3.97. The number of nitrogens with zero attached hydrogens (tertiary/aromatic N) is 1. The molecule has 1 heterocycles. The van der Waals surface area contributed by atoms with Gasteiger partial charge in [-0.15, -0.1) is 0 Å². The Morgan fingerprint density at radius 2 is 1.91 bits per heavy atom. The number of hydrogen-bond acceptors (Lipinski definition) is 4. The summed E-state index contributed by atoms with van der Waals surface area (Å²) in [5.74, 6) is 1.59. The minimum absolute atomic E-state index is 0.206. The van der Waals surface area contributed by atoms with Crippen LogP contribution in [0.25, 0.3) is 0 Å².